The van der Waals surface area contributed by atoms with Crippen molar-refractivity contribution in [1.82, 2.24) is 0 Å². The summed E-state index contributed by atoms with van der Waals surface area (Å²) in [4.78, 5) is 11.1. The molecule has 4 nitrogen and oxygen atoms in total. The van der Waals surface area contributed by atoms with Crippen LogP contribution in [-0.4, -0.2) is 17.7 Å². The fraction of sp³-hybridized carbons (Fsp3) is 0.188. The average molecular weight is 304 g/mol. The third-order valence-electron chi connectivity index (χ3n) is 3.51. The second kappa shape index (κ2) is 5.76. The maximum absolute atomic E-state index is 11.1. The highest BCUT2D eigenvalue weighted by Crippen LogP contribution is 2.29. The molecule has 5 heteroatoms. The van der Waals surface area contributed by atoms with Gasteiger partial charge in [-0.15, -0.1) is 0 Å². The SMILES string of the molecule is O=C(O)c1cc(NC2COCc3ccccc32)ccc1Cl. The second-order valence-electron chi connectivity index (χ2n) is 4.91. The quantitative estimate of drug-likeness (QED) is 0.907. The normalized spacial score (nSPS) is 17.1. The van der Waals surface area contributed by atoms with Gasteiger partial charge in [0.15, 0.2) is 0 Å². The molecule has 0 radical (unpaired) electrons. The topological polar surface area (TPSA) is 58.6 Å². The molecule has 0 fully saturated rings. The van der Waals surface area contributed by atoms with E-state index in [0.29, 0.717) is 18.9 Å². The zero-order valence-corrected chi connectivity index (χ0v) is 11.9. The molecule has 1 aliphatic heterocycles. The lowest BCUT2D eigenvalue weighted by atomic mass is 9.99. The van der Waals surface area contributed by atoms with E-state index in [4.69, 9.17) is 21.4 Å². The maximum Gasteiger partial charge on any atom is 0.337 e. The number of carbonyl (C=O) groups is 1. The minimum Gasteiger partial charge on any atom is -0.478 e. The molecule has 0 aliphatic carbocycles. The summed E-state index contributed by atoms with van der Waals surface area (Å²) in [6.45, 7) is 1.15. The first kappa shape index (κ1) is 13.9. The highest BCUT2D eigenvalue weighted by atomic mass is 35.5. The summed E-state index contributed by atoms with van der Waals surface area (Å²) in [5, 5.41) is 12.7. The van der Waals surface area contributed by atoms with E-state index >= 15 is 0 Å². The Balaban J connectivity index is 1.88. The zero-order chi connectivity index (χ0) is 14.8. The Hall–Kier alpha value is -2.04. The number of carboxylic acid groups (broad SMARTS) is 1. The molecule has 0 aromatic heterocycles. The zero-order valence-electron chi connectivity index (χ0n) is 11.2. The van der Waals surface area contributed by atoms with E-state index in [2.05, 4.69) is 11.4 Å². The van der Waals surface area contributed by atoms with Crippen molar-refractivity contribution in [2.45, 2.75) is 12.6 Å². The van der Waals surface area contributed by atoms with Gasteiger partial charge in [-0.1, -0.05) is 35.9 Å². The Morgan fingerprint density at radius 1 is 1.29 bits per heavy atom. The van der Waals surface area contributed by atoms with Gasteiger partial charge < -0.3 is 15.2 Å². The largest absolute Gasteiger partial charge is 0.478 e. The van der Waals surface area contributed by atoms with E-state index in [1.54, 1.807) is 18.2 Å². The van der Waals surface area contributed by atoms with Gasteiger partial charge in [-0.05, 0) is 29.3 Å². The molecule has 1 aliphatic rings. The number of benzene rings is 2. The van der Waals surface area contributed by atoms with Crippen molar-refractivity contribution in [3.63, 3.8) is 0 Å². The van der Waals surface area contributed by atoms with Gasteiger partial charge in [0.1, 0.15) is 0 Å². The van der Waals surface area contributed by atoms with Crippen molar-refractivity contribution < 1.29 is 14.6 Å². The molecule has 2 aromatic carbocycles. The molecule has 0 saturated carbocycles. The Morgan fingerprint density at radius 2 is 2.10 bits per heavy atom. The fourth-order valence-corrected chi connectivity index (χ4v) is 2.68. The molecule has 108 valence electrons. The van der Waals surface area contributed by atoms with Gasteiger partial charge in [0.25, 0.3) is 0 Å². The van der Waals surface area contributed by atoms with Gasteiger partial charge >= 0.3 is 5.97 Å². The van der Waals surface area contributed by atoms with Crippen molar-refractivity contribution >= 4 is 23.3 Å². The van der Waals surface area contributed by atoms with Crippen molar-refractivity contribution in [2.24, 2.45) is 0 Å². The van der Waals surface area contributed by atoms with Gasteiger partial charge in [0, 0.05) is 5.69 Å². The lowest BCUT2D eigenvalue weighted by Crippen LogP contribution is -2.23. The van der Waals surface area contributed by atoms with E-state index in [-0.39, 0.29) is 16.6 Å². The average Bonchev–Trinajstić information content (AvgIpc) is 2.49. The van der Waals surface area contributed by atoms with Crippen LogP contribution >= 0.6 is 11.6 Å². The van der Waals surface area contributed by atoms with Gasteiger partial charge in [-0.25, -0.2) is 4.79 Å². The van der Waals surface area contributed by atoms with E-state index in [1.807, 2.05) is 18.2 Å². The molecule has 1 atom stereocenters. The summed E-state index contributed by atoms with van der Waals surface area (Å²) in [6, 6.07) is 13.0. The maximum atomic E-state index is 11.1. The number of rotatable bonds is 3. The van der Waals surface area contributed by atoms with E-state index < -0.39 is 5.97 Å². The Kier molecular flexibility index (Phi) is 3.82. The van der Waals surface area contributed by atoms with Crippen LogP contribution in [0.5, 0.6) is 0 Å². The number of nitrogens with one attached hydrogen (secondary N) is 1. The molecular weight excluding hydrogens is 290 g/mol. The van der Waals surface area contributed by atoms with Crippen LogP contribution in [0.25, 0.3) is 0 Å². The molecule has 1 unspecified atom stereocenters. The first-order chi connectivity index (χ1) is 10.1. The lowest BCUT2D eigenvalue weighted by molar-refractivity contribution is 0.0697. The molecule has 0 amide bonds. The molecule has 2 N–H and O–H groups in total. The molecular formula is C16H14ClNO3. The summed E-state index contributed by atoms with van der Waals surface area (Å²) < 4.78 is 5.58. The van der Waals surface area contributed by atoms with Crippen LogP contribution in [0.3, 0.4) is 0 Å². The molecule has 1 heterocycles. The van der Waals surface area contributed by atoms with E-state index in [0.717, 1.165) is 5.56 Å². The Bertz CT molecular complexity index is 687. The standard InChI is InChI=1S/C16H14ClNO3/c17-14-6-5-11(7-13(14)16(19)20)18-15-9-21-8-10-3-1-2-4-12(10)15/h1-7,15,18H,8-9H2,(H,19,20). The number of hydrogen-bond donors (Lipinski definition) is 2. The first-order valence-electron chi connectivity index (χ1n) is 6.60. The van der Waals surface area contributed by atoms with Crippen LogP contribution in [-0.2, 0) is 11.3 Å². The Labute approximate surface area is 127 Å². The smallest absolute Gasteiger partial charge is 0.337 e. The van der Waals surface area contributed by atoms with Crippen LogP contribution in [0, 0.1) is 0 Å². The van der Waals surface area contributed by atoms with Gasteiger partial charge in [-0.2, -0.15) is 0 Å². The van der Waals surface area contributed by atoms with Crippen LogP contribution in [0.15, 0.2) is 42.5 Å². The monoisotopic (exact) mass is 303 g/mol. The van der Waals surface area contributed by atoms with E-state index in [1.165, 1.54) is 5.56 Å². The number of halogens is 1. The first-order valence-corrected chi connectivity index (χ1v) is 6.98. The summed E-state index contributed by atoms with van der Waals surface area (Å²) in [5.74, 6) is -1.04. The predicted octanol–water partition coefficient (Wildman–Crippen LogP) is 3.72. The highest BCUT2D eigenvalue weighted by molar-refractivity contribution is 6.33. The van der Waals surface area contributed by atoms with Crippen molar-refractivity contribution in [3.8, 4) is 0 Å². The number of anilines is 1. The van der Waals surface area contributed by atoms with Crippen LogP contribution in [0.2, 0.25) is 5.02 Å². The second-order valence-corrected chi connectivity index (χ2v) is 5.32. The van der Waals surface area contributed by atoms with Gasteiger partial charge in [-0.3, -0.25) is 0 Å². The number of hydrogen-bond acceptors (Lipinski definition) is 3. The van der Waals surface area contributed by atoms with Crippen molar-refractivity contribution in [1.29, 1.82) is 0 Å². The van der Waals surface area contributed by atoms with Crippen molar-refractivity contribution in [3.05, 3.63) is 64.2 Å². The molecule has 21 heavy (non-hydrogen) atoms. The number of aromatic carboxylic acids is 1. The summed E-state index contributed by atoms with van der Waals surface area (Å²) >= 11 is 5.88. The number of fused-ring (bicyclic) bond motifs is 1. The molecule has 0 saturated heterocycles. The Morgan fingerprint density at radius 3 is 2.90 bits per heavy atom. The van der Waals surface area contributed by atoms with Crippen LogP contribution in [0.1, 0.15) is 27.5 Å². The lowest BCUT2D eigenvalue weighted by Gasteiger charge is -2.27. The van der Waals surface area contributed by atoms with E-state index in [9.17, 15) is 4.79 Å². The summed E-state index contributed by atoms with van der Waals surface area (Å²) in [7, 11) is 0. The number of ether oxygens (including phenoxy) is 1. The minimum atomic E-state index is -1.04. The molecule has 3 rings (SSSR count). The molecule has 0 bridgehead atoms. The molecule has 0 spiro atoms. The van der Waals surface area contributed by atoms with Gasteiger partial charge in [0.2, 0.25) is 0 Å². The van der Waals surface area contributed by atoms with Crippen molar-refractivity contribution in [2.75, 3.05) is 11.9 Å². The third kappa shape index (κ3) is 2.86. The van der Waals surface area contributed by atoms with Crippen LogP contribution < -0.4 is 5.32 Å². The number of carboxylic acids is 1. The highest BCUT2D eigenvalue weighted by Gasteiger charge is 2.20. The van der Waals surface area contributed by atoms with Gasteiger partial charge in [0.05, 0.1) is 29.8 Å². The van der Waals surface area contributed by atoms with Crippen LogP contribution in [0.4, 0.5) is 5.69 Å². The molecule has 2 aromatic rings. The summed E-state index contributed by atoms with van der Waals surface area (Å²) in [5.41, 5.74) is 3.12. The fourth-order valence-electron chi connectivity index (χ4n) is 2.48. The third-order valence-corrected chi connectivity index (χ3v) is 3.84. The predicted molar refractivity (Wildman–Crippen MR) is 80.9 cm³/mol. The minimum absolute atomic E-state index is 0.00206. The summed E-state index contributed by atoms with van der Waals surface area (Å²) in [6.07, 6.45) is 0.